The maximum Gasteiger partial charge on any atom is 0.285 e. The Labute approximate surface area is 162 Å². The van der Waals surface area contributed by atoms with Crippen molar-refractivity contribution in [1.29, 1.82) is 5.26 Å². The largest absolute Gasteiger partial charge is 0.285 e. The molecule has 29 heavy (non-hydrogen) atoms. The van der Waals surface area contributed by atoms with Gasteiger partial charge in [0, 0.05) is 11.1 Å². The first kappa shape index (κ1) is 18.1. The number of benzene rings is 2. The summed E-state index contributed by atoms with van der Waals surface area (Å²) in [7, 11) is 0. The number of rotatable bonds is 4. The van der Waals surface area contributed by atoms with E-state index in [4.69, 9.17) is 0 Å². The van der Waals surface area contributed by atoms with Crippen LogP contribution in [-0.4, -0.2) is 30.4 Å². The molecule has 8 nitrogen and oxygen atoms in total. The van der Waals surface area contributed by atoms with E-state index in [2.05, 4.69) is 25.7 Å². The summed E-state index contributed by atoms with van der Waals surface area (Å²) < 4.78 is 27.8. The maximum atomic E-state index is 13.4. The predicted octanol–water partition coefficient (Wildman–Crippen LogP) is 2.29. The molecule has 0 spiro atoms. The number of H-pyrrole nitrogens is 1. The van der Waals surface area contributed by atoms with Gasteiger partial charge in [-0.05, 0) is 42.0 Å². The summed E-state index contributed by atoms with van der Waals surface area (Å²) in [4.78, 5) is 12.9. The molecule has 0 radical (unpaired) electrons. The quantitative estimate of drug-likeness (QED) is 0.571. The van der Waals surface area contributed by atoms with E-state index in [0.717, 1.165) is 4.68 Å². The Hall–Kier alpha value is -4.26. The molecule has 0 unspecified atom stereocenters. The Kier molecular flexibility index (Phi) is 4.62. The van der Waals surface area contributed by atoms with Crippen molar-refractivity contribution < 1.29 is 8.78 Å². The van der Waals surface area contributed by atoms with E-state index >= 15 is 0 Å². The molecule has 0 bridgehead atoms. The molecule has 4 rings (SSSR count). The molecule has 0 saturated carbocycles. The van der Waals surface area contributed by atoms with Crippen LogP contribution in [0.3, 0.4) is 0 Å². The molecule has 4 aromatic rings. The minimum absolute atomic E-state index is 0.123. The van der Waals surface area contributed by atoms with Gasteiger partial charge in [0.25, 0.3) is 5.56 Å². The van der Waals surface area contributed by atoms with E-state index in [1.165, 1.54) is 48.5 Å². The normalized spacial score (nSPS) is 10.7. The van der Waals surface area contributed by atoms with Crippen LogP contribution in [0, 0.1) is 23.0 Å². The number of hydrogen-bond donors (Lipinski definition) is 1. The van der Waals surface area contributed by atoms with E-state index in [9.17, 15) is 18.8 Å². The fourth-order valence-corrected chi connectivity index (χ4v) is 2.87. The molecule has 0 aliphatic heterocycles. The average Bonchev–Trinajstić information content (AvgIpc) is 3.24. The molecule has 0 aliphatic rings. The molecule has 0 saturated heterocycles. The maximum absolute atomic E-state index is 13.4. The molecule has 0 amide bonds. The minimum atomic E-state index is -0.664. The molecule has 2 aromatic heterocycles. The van der Waals surface area contributed by atoms with E-state index in [1.54, 1.807) is 0 Å². The van der Waals surface area contributed by atoms with Gasteiger partial charge in [-0.15, -0.1) is 10.2 Å². The van der Waals surface area contributed by atoms with Crippen LogP contribution >= 0.6 is 0 Å². The molecular weight excluding hydrogens is 380 g/mol. The summed E-state index contributed by atoms with van der Waals surface area (Å²) in [6, 6.07) is 12.7. The number of aromatic nitrogens is 6. The zero-order chi connectivity index (χ0) is 20.4. The van der Waals surface area contributed by atoms with Gasteiger partial charge in [0.2, 0.25) is 0 Å². The van der Waals surface area contributed by atoms with Crippen LogP contribution in [0.2, 0.25) is 0 Å². The van der Waals surface area contributed by atoms with Crippen molar-refractivity contribution in [3.05, 3.63) is 81.9 Å². The molecule has 142 valence electrons. The Morgan fingerprint density at radius 2 is 1.62 bits per heavy atom. The Balaban J connectivity index is 2.00. The van der Waals surface area contributed by atoms with Gasteiger partial charge >= 0.3 is 0 Å². The Bertz CT molecular complexity index is 1260. The Morgan fingerprint density at radius 3 is 2.17 bits per heavy atom. The number of tetrazole rings is 1. The van der Waals surface area contributed by atoms with Gasteiger partial charge in [-0.2, -0.15) is 15.6 Å². The smallest absolute Gasteiger partial charge is 0.266 e. The van der Waals surface area contributed by atoms with Gasteiger partial charge in [0.1, 0.15) is 35.5 Å². The predicted molar refractivity (Wildman–Crippen MR) is 97.3 cm³/mol. The van der Waals surface area contributed by atoms with Crippen LogP contribution in [0.1, 0.15) is 11.4 Å². The lowest BCUT2D eigenvalue weighted by atomic mass is 9.96. The number of nitriles is 1. The van der Waals surface area contributed by atoms with Crippen LogP contribution in [-0.2, 0) is 6.54 Å². The number of nitrogens with one attached hydrogen (secondary N) is 1. The SMILES string of the molecule is N#Cc1c(-c2ccc(F)cc2)c(-c2ccc(F)cc2)nn(Cc2nn[nH]n2)c1=O. The van der Waals surface area contributed by atoms with E-state index < -0.39 is 17.2 Å². The van der Waals surface area contributed by atoms with Crippen LogP contribution in [0.4, 0.5) is 8.78 Å². The highest BCUT2D eigenvalue weighted by Gasteiger charge is 2.21. The third-order valence-electron chi connectivity index (χ3n) is 4.20. The first-order chi connectivity index (χ1) is 14.1. The zero-order valence-corrected chi connectivity index (χ0v) is 14.7. The van der Waals surface area contributed by atoms with E-state index in [-0.39, 0.29) is 29.2 Å². The van der Waals surface area contributed by atoms with Crippen molar-refractivity contribution in [3.8, 4) is 28.5 Å². The number of hydrogen-bond acceptors (Lipinski definition) is 6. The van der Waals surface area contributed by atoms with E-state index in [1.807, 2.05) is 6.07 Å². The summed E-state index contributed by atoms with van der Waals surface area (Å²) in [6.07, 6.45) is 0. The van der Waals surface area contributed by atoms with Crippen LogP contribution < -0.4 is 5.56 Å². The lowest BCUT2D eigenvalue weighted by Gasteiger charge is -2.14. The average molecular weight is 391 g/mol. The van der Waals surface area contributed by atoms with Crippen molar-refractivity contribution >= 4 is 0 Å². The second-order valence-corrected chi connectivity index (χ2v) is 6.02. The lowest BCUT2D eigenvalue weighted by Crippen LogP contribution is -2.28. The Morgan fingerprint density at radius 1 is 1.00 bits per heavy atom. The van der Waals surface area contributed by atoms with Gasteiger partial charge in [-0.3, -0.25) is 4.79 Å². The second kappa shape index (κ2) is 7.40. The summed E-state index contributed by atoms with van der Waals surface area (Å²) in [5.41, 5.74) is 0.546. The van der Waals surface area contributed by atoms with Gasteiger partial charge in [-0.1, -0.05) is 17.3 Å². The summed E-state index contributed by atoms with van der Waals surface area (Å²) in [5, 5.41) is 27.4. The van der Waals surface area contributed by atoms with Crippen molar-refractivity contribution in [1.82, 2.24) is 30.4 Å². The first-order valence-corrected chi connectivity index (χ1v) is 8.36. The van der Waals surface area contributed by atoms with Crippen LogP contribution in [0.25, 0.3) is 22.4 Å². The third-order valence-corrected chi connectivity index (χ3v) is 4.20. The molecule has 2 heterocycles. The number of halogens is 2. The molecule has 10 heteroatoms. The van der Waals surface area contributed by atoms with Gasteiger partial charge in [0.05, 0.1) is 0 Å². The highest BCUT2D eigenvalue weighted by molar-refractivity contribution is 5.84. The summed E-state index contributed by atoms with van der Waals surface area (Å²) in [6.45, 7) is -0.123. The molecule has 2 aromatic carbocycles. The van der Waals surface area contributed by atoms with Crippen molar-refractivity contribution in [3.63, 3.8) is 0 Å². The third kappa shape index (κ3) is 3.49. The minimum Gasteiger partial charge on any atom is -0.266 e. The standard InChI is InChI=1S/C19H11F2N7O/c20-13-5-1-11(2-6-13)17-15(9-22)19(29)28(10-16-23-26-27-24-16)25-18(17)12-3-7-14(21)8-4-12/h1-8H,10H2,(H,23,24,26,27). The molecule has 1 N–H and O–H groups in total. The fraction of sp³-hybridized carbons (Fsp3) is 0.0526. The molecule has 0 atom stereocenters. The van der Waals surface area contributed by atoms with Crippen molar-refractivity contribution in [2.24, 2.45) is 0 Å². The zero-order valence-electron chi connectivity index (χ0n) is 14.7. The monoisotopic (exact) mass is 391 g/mol. The highest BCUT2D eigenvalue weighted by atomic mass is 19.1. The van der Waals surface area contributed by atoms with Crippen molar-refractivity contribution in [2.75, 3.05) is 0 Å². The summed E-state index contributed by atoms with van der Waals surface area (Å²) >= 11 is 0. The lowest BCUT2D eigenvalue weighted by molar-refractivity contribution is 0.616. The van der Waals surface area contributed by atoms with Crippen LogP contribution in [0.5, 0.6) is 0 Å². The first-order valence-electron chi connectivity index (χ1n) is 8.36. The second-order valence-electron chi connectivity index (χ2n) is 6.02. The van der Waals surface area contributed by atoms with E-state index in [0.29, 0.717) is 11.1 Å². The van der Waals surface area contributed by atoms with Gasteiger partial charge in [-0.25, -0.2) is 13.5 Å². The number of aromatic amines is 1. The topological polar surface area (TPSA) is 113 Å². The van der Waals surface area contributed by atoms with Crippen LogP contribution in [0.15, 0.2) is 53.3 Å². The molecule has 0 aliphatic carbocycles. The molecular formula is C19H11F2N7O. The molecule has 0 fully saturated rings. The van der Waals surface area contributed by atoms with Gasteiger partial charge in [0.15, 0.2) is 5.82 Å². The van der Waals surface area contributed by atoms with Crippen molar-refractivity contribution in [2.45, 2.75) is 6.54 Å². The summed E-state index contributed by atoms with van der Waals surface area (Å²) in [5.74, 6) is -0.713. The number of nitrogens with zero attached hydrogens (tertiary/aromatic N) is 6. The highest BCUT2D eigenvalue weighted by Crippen LogP contribution is 2.32. The van der Waals surface area contributed by atoms with Gasteiger partial charge < -0.3 is 0 Å². The fourth-order valence-electron chi connectivity index (χ4n) is 2.87.